The molecule has 6 nitrogen and oxygen atoms in total. The topological polar surface area (TPSA) is 69.7 Å². The summed E-state index contributed by atoms with van der Waals surface area (Å²) in [5, 5.41) is 3.39. The molecule has 1 atom stereocenters. The molecule has 0 aliphatic heterocycles. The highest BCUT2D eigenvalue weighted by Gasteiger charge is 2.30. The molecule has 1 N–H and O–H groups in total. The summed E-state index contributed by atoms with van der Waals surface area (Å²) < 4.78 is 27.0. The Morgan fingerprint density at radius 1 is 0.949 bits per heavy atom. The predicted molar refractivity (Wildman–Crippen MR) is 161 cm³/mol. The van der Waals surface area contributed by atoms with E-state index in [1.54, 1.807) is 0 Å². The van der Waals surface area contributed by atoms with E-state index in [-0.39, 0.29) is 25.9 Å². The van der Waals surface area contributed by atoms with Gasteiger partial charge in [0.05, 0.1) is 10.0 Å². The number of unbranched alkanes of at least 4 members (excludes halogenated alkanes) is 2. The number of nitrogens with zero attached hydrogens (tertiary/aromatic N) is 2. The van der Waals surface area contributed by atoms with Crippen molar-refractivity contribution in [2.45, 2.75) is 62.3 Å². The average molecular weight is 617 g/mol. The minimum Gasteiger partial charge on any atom is -0.356 e. The van der Waals surface area contributed by atoms with E-state index in [1.807, 2.05) is 0 Å². The lowest BCUT2D eigenvalue weighted by atomic mass is 9.76. The first-order valence-corrected chi connectivity index (χ1v) is 16.2. The number of amides is 1. The molecule has 0 heterocycles. The summed E-state index contributed by atoms with van der Waals surface area (Å²) in [6.07, 6.45) is 7.11. The molecule has 1 amide bonds. The maximum atomic E-state index is 12.9. The van der Waals surface area contributed by atoms with Crippen molar-refractivity contribution in [3.05, 3.63) is 63.1 Å². The van der Waals surface area contributed by atoms with Gasteiger partial charge in [-0.2, -0.15) is 0 Å². The van der Waals surface area contributed by atoms with Gasteiger partial charge in [-0.15, -0.1) is 0 Å². The number of hydrogen-bond acceptors (Lipinski definition) is 4. The molecule has 0 aromatic heterocycles. The van der Waals surface area contributed by atoms with Gasteiger partial charge in [0.15, 0.2) is 0 Å². The Balaban J connectivity index is 1.34. The number of carbonyl (C=O) groups is 1. The minimum absolute atomic E-state index is 0.00165. The Morgan fingerprint density at radius 3 is 2.15 bits per heavy atom. The Hall–Kier alpha value is -1.35. The second-order valence-electron chi connectivity index (χ2n) is 10.7. The zero-order valence-corrected chi connectivity index (χ0v) is 26.1. The molecule has 2 aromatic carbocycles. The van der Waals surface area contributed by atoms with Gasteiger partial charge in [-0.25, -0.2) is 12.7 Å². The van der Waals surface area contributed by atoms with Crippen LogP contribution in [-0.4, -0.2) is 57.8 Å². The number of halogens is 3. The highest BCUT2D eigenvalue weighted by Crippen LogP contribution is 2.39. The van der Waals surface area contributed by atoms with Crippen LogP contribution in [0.3, 0.4) is 0 Å². The molecule has 0 saturated heterocycles. The first-order chi connectivity index (χ1) is 18.5. The molecule has 2 aromatic rings. The largest absolute Gasteiger partial charge is 0.356 e. The minimum atomic E-state index is -3.84. The van der Waals surface area contributed by atoms with Crippen molar-refractivity contribution in [1.29, 1.82) is 0 Å². The lowest BCUT2D eigenvalue weighted by Gasteiger charge is -2.37. The molecule has 1 unspecified atom stereocenters. The fraction of sp³-hybridized carbons (Fsp3) is 0.552. The second-order valence-corrected chi connectivity index (χ2v) is 14.0. The molecule has 1 aliphatic carbocycles. The van der Waals surface area contributed by atoms with E-state index < -0.39 is 10.0 Å². The van der Waals surface area contributed by atoms with E-state index in [9.17, 15) is 13.2 Å². The van der Waals surface area contributed by atoms with E-state index in [4.69, 9.17) is 34.8 Å². The first kappa shape index (κ1) is 32.2. The van der Waals surface area contributed by atoms with Crippen LogP contribution in [0.2, 0.25) is 15.1 Å². The zero-order valence-electron chi connectivity index (χ0n) is 23.0. The van der Waals surface area contributed by atoms with Gasteiger partial charge in [-0.3, -0.25) is 4.79 Å². The van der Waals surface area contributed by atoms with E-state index in [0.29, 0.717) is 43.7 Å². The lowest BCUT2D eigenvalue weighted by Crippen LogP contribution is -2.34. The number of sulfonamides is 1. The van der Waals surface area contributed by atoms with Crippen LogP contribution >= 0.6 is 34.8 Å². The number of nitrogens with one attached hydrogen (secondary N) is 1. The fourth-order valence-electron chi connectivity index (χ4n) is 5.55. The van der Waals surface area contributed by atoms with Gasteiger partial charge in [0.1, 0.15) is 4.90 Å². The molecule has 1 aliphatic rings. The third-order valence-corrected chi connectivity index (χ3v) is 10.6. The Kier molecular flexibility index (Phi) is 12.4. The van der Waals surface area contributed by atoms with E-state index in [1.165, 1.54) is 41.9 Å². The van der Waals surface area contributed by atoms with E-state index in [2.05, 4.69) is 54.6 Å². The molecule has 39 heavy (non-hydrogen) atoms. The van der Waals surface area contributed by atoms with Crippen molar-refractivity contribution in [2.75, 3.05) is 34.2 Å². The van der Waals surface area contributed by atoms with Crippen LogP contribution in [-0.2, 0) is 14.8 Å². The summed E-state index contributed by atoms with van der Waals surface area (Å²) in [7, 11) is 1.97. The Labute approximate surface area is 249 Å². The molecule has 3 rings (SSSR count). The molecule has 10 heteroatoms. The van der Waals surface area contributed by atoms with Crippen LogP contribution in [0.5, 0.6) is 0 Å². The SMILES string of the molecule is CN(C)C(c1ccccc1)C1CCC(CNC(=O)CCCCCN(C)S(=O)(=O)c2c(Cl)cc(Cl)cc2Cl)CC1. The van der Waals surface area contributed by atoms with Crippen LogP contribution in [0.1, 0.15) is 63.0 Å². The first-order valence-electron chi connectivity index (χ1n) is 13.6. The highest BCUT2D eigenvalue weighted by atomic mass is 35.5. The lowest BCUT2D eigenvalue weighted by molar-refractivity contribution is -0.121. The molecule has 0 spiro atoms. The molecule has 0 bridgehead atoms. The third-order valence-electron chi connectivity index (χ3n) is 7.63. The van der Waals surface area contributed by atoms with Crippen LogP contribution in [0.4, 0.5) is 0 Å². The molecular weight excluding hydrogens is 577 g/mol. The van der Waals surface area contributed by atoms with Crippen LogP contribution in [0, 0.1) is 11.8 Å². The summed E-state index contributed by atoms with van der Waals surface area (Å²) >= 11 is 18.1. The zero-order chi connectivity index (χ0) is 28.6. The van der Waals surface area contributed by atoms with E-state index >= 15 is 0 Å². The molecule has 216 valence electrons. The molecule has 1 saturated carbocycles. The maximum absolute atomic E-state index is 12.9. The number of carbonyl (C=O) groups excluding carboxylic acids is 1. The fourth-order valence-corrected chi connectivity index (χ4v) is 8.24. The van der Waals surface area contributed by atoms with Gasteiger partial charge in [-0.05, 0) is 82.2 Å². The predicted octanol–water partition coefficient (Wildman–Crippen LogP) is 7.05. The monoisotopic (exact) mass is 615 g/mol. The Bertz CT molecular complexity index is 1160. The smallest absolute Gasteiger partial charge is 0.245 e. The highest BCUT2D eigenvalue weighted by molar-refractivity contribution is 7.89. The van der Waals surface area contributed by atoms with Gasteiger partial charge in [0.2, 0.25) is 15.9 Å². The maximum Gasteiger partial charge on any atom is 0.245 e. The molecule has 1 fully saturated rings. The van der Waals surface area contributed by atoms with Crippen LogP contribution in [0.25, 0.3) is 0 Å². The summed E-state index contributed by atoms with van der Waals surface area (Å²) in [5.41, 5.74) is 1.38. The quantitative estimate of drug-likeness (QED) is 0.245. The van der Waals surface area contributed by atoms with Crippen molar-refractivity contribution in [2.24, 2.45) is 11.8 Å². The van der Waals surface area contributed by atoms with Crippen molar-refractivity contribution in [3.8, 4) is 0 Å². The molecule has 0 radical (unpaired) electrons. The molecular formula is C29H40Cl3N3O3S. The second kappa shape index (κ2) is 15.0. The normalized spacial score (nSPS) is 18.9. The van der Waals surface area contributed by atoms with Gasteiger partial charge >= 0.3 is 0 Å². The van der Waals surface area contributed by atoms with Gasteiger partial charge in [0.25, 0.3) is 0 Å². The van der Waals surface area contributed by atoms with Crippen molar-refractivity contribution >= 4 is 50.7 Å². The average Bonchev–Trinajstić information content (AvgIpc) is 2.87. The van der Waals surface area contributed by atoms with Crippen molar-refractivity contribution in [1.82, 2.24) is 14.5 Å². The summed E-state index contributed by atoms with van der Waals surface area (Å²) in [6.45, 7) is 1.03. The summed E-state index contributed by atoms with van der Waals surface area (Å²) in [6, 6.07) is 13.9. The van der Waals surface area contributed by atoms with Gasteiger partial charge in [0, 0.05) is 37.6 Å². The number of hydrogen-bond donors (Lipinski definition) is 1. The van der Waals surface area contributed by atoms with E-state index in [0.717, 1.165) is 25.8 Å². The third kappa shape index (κ3) is 9.07. The van der Waals surface area contributed by atoms with Gasteiger partial charge in [-0.1, -0.05) is 71.6 Å². The number of benzene rings is 2. The van der Waals surface area contributed by atoms with Crippen LogP contribution in [0.15, 0.2) is 47.4 Å². The van der Waals surface area contributed by atoms with Crippen LogP contribution < -0.4 is 5.32 Å². The summed E-state index contributed by atoms with van der Waals surface area (Å²) in [5.74, 6) is 1.21. The Morgan fingerprint density at radius 2 is 1.56 bits per heavy atom. The van der Waals surface area contributed by atoms with Gasteiger partial charge < -0.3 is 10.2 Å². The van der Waals surface area contributed by atoms with Crippen molar-refractivity contribution in [3.63, 3.8) is 0 Å². The summed E-state index contributed by atoms with van der Waals surface area (Å²) in [4.78, 5) is 14.6. The standard InChI is InChI=1S/C29H40Cl3N3O3S/c1-34(2)28(22-10-6-4-7-11-22)23-15-13-21(14-16-23)20-33-27(36)12-8-5-9-17-35(3)39(37,38)29-25(31)18-24(30)19-26(29)32/h4,6-7,10-11,18-19,21,23,28H,5,8-9,12-17,20H2,1-3H3,(H,33,36). The number of rotatable bonds is 13. The van der Waals surface area contributed by atoms with Crippen molar-refractivity contribution < 1.29 is 13.2 Å².